The van der Waals surface area contributed by atoms with Crippen molar-refractivity contribution in [3.63, 3.8) is 0 Å². The van der Waals surface area contributed by atoms with E-state index in [0.29, 0.717) is 35.2 Å². The third-order valence-electron chi connectivity index (χ3n) is 5.98. The molecule has 2 aromatic heterocycles. The SMILES string of the molecule is CCNc1nc2ccc(OC)cc2cc1Cc1[c]nc(C(N)S(C)(=O)=O)c2cc(OC)c(OC)cc12. The minimum atomic E-state index is -3.61. The molecule has 0 saturated carbocycles. The Bertz CT molecular complexity index is 1540. The Morgan fingerprint density at radius 3 is 2.33 bits per heavy atom. The number of ether oxygens (including phenoxy) is 3. The molecule has 1 atom stereocenters. The summed E-state index contributed by atoms with van der Waals surface area (Å²) < 4.78 is 40.9. The molecule has 0 aliphatic rings. The van der Waals surface area contributed by atoms with Crippen LogP contribution in [0.2, 0.25) is 0 Å². The lowest BCUT2D eigenvalue weighted by Crippen LogP contribution is -2.22. The van der Waals surface area contributed by atoms with Gasteiger partial charge in [0.1, 0.15) is 11.6 Å². The zero-order valence-corrected chi connectivity index (χ0v) is 21.7. The molecule has 4 rings (SSSR count). The van der Waals surface area contributed by atoms with E-state index in [2.05, 4.69) is 22.6 Å². The molecule has 0 aliphatic carbocycles. The molecule has 0 saturated heterocycles. The Morgan fingerprint density at radius 2 is 1.72 bits per heavy atom. The summed E-state index contributed by atoms with van der Waals surface area (Å²) in [4.78, 5) is 9.19. The number of sulfone groups is 1. The molecule has 1 radical (unpaired) electrons. The first-order chi connectivity index (χ1) is 17.2. The highest BCUT2D eigenvalue weighted by molar-refractivity contribution is 7.90. The summed E-state index contributed by atoms with van der Waals surface area (Å²) in [6, 6.07) is 11.3. The van der Waals surface area contributed by atoms with Crippen molar-refractivity contribution in [1.82, 2.24) is 9.97 Å². The van der Waals surface area contributed by atoms with E-state index in [9.17, 15) is 8.42 Å². The van der Waals surface area contributed by atoms with Crippen LogP contribution in [0.15, 0.2) is 36.4 Å². The van der Waals surface area contributed by atoms with Crippen molar-refractivity contribution in [2.24, 2.45) is 5.73 Å². The van der Waals surface area contributed by atoms with E-state index >= 15 is 0 Å². The van der Waals surface area contributed by atoms with Crippen molar-refractivity contribution in [3.8, 4) is 17.2 Å². The van der Waals surface area contributed by atoms with Gasteiger partial charge in [0.15, 0.2) is 26.7 Å². The summed E-state index contributed by atoms with van der Waals surface area (Å²) in [5.41, 5.74) is 8.78. The molecule has 0 fully saturated rings. The number of aromatic nitrogens is 2. The fourth-order valence-corrected chi connectivity index (χ4v) is 4.70. The topological polar surface area (TPSA) is 126 Å². The van der Waals surface area contributed by atoms with Gasteiger partial charge in [-0.15, -0.1) is 0 Å². The fraction of sp³-hybridized carbons (Fsp3) is 0.308. The van der Waals surface area contributed by atoms with Crippen LogP contribution in [0.5, 0.6) is 17.2 Å². The number of benzene rings is 2. The lowest BCUT2D eigenvalue weighted by molar-refractivity contribution is 0.356. The summed E-state index contributed by atoms with van der Waals surface area (Å²) in [7, 11) is 1.07. The van der Waals surface area contributed by atoms with Gasteiger partial charge in [0.2, 0.25) is 0 Å². The van der Waals surface area contributed by atoms with Crippen LogP contribution in [-0.2, 0) is 16.3 Å². The minimum Gasteiger partial charge on any atom is -0.497 e. The Labute approximate surface area is 210 Å². The summed E-state index contributed by atoms with van der Waals surface area (Å²) >= 11 is 0. The molecule has 0 bridgehead atoms. The second-order valence-corrected chi connectivity index (χ2v) is 10.5. The van der Waals surface area contributed by atoms with Crippen LogP contribution in [0.4, 0.5) is 5.82 Å². The van der Waals surface area contributed by atoms with Crippen molar-refractivity contribution in [2.75, 3.05) is 39.4 Å². The number of fused-ring (bicyclic) bond motifs is 2. The van der Waals surface area contributed by atoms with Gasteiger partial charge in [0, 0.05) is 30.0 Å². The standard InChI is InChI=1S/C26H29N4O5S/c1-6-28-26-16(9-15-11-18(33-2)7-8-21(15)30-26)10-17-14-29-24(25(27)36(5,31)32)20-13-23(35-4)22(34-3)12-19(17)20/h7-9,11-13,25H,6,10,27H2,1-5H3,(H,28,30). The number of hydrogen-bond donors (Lipinski definition) is 2. The van der Waals surface area contributed by atoms with Gasteiger partial charge in [-0.3, -0.25) is 0 Å². The Hall–Kier alpha value is -3.63. The second-order valence-electron chi connectivity index (χ2n) is 8.35. The number of pyridine rings is 2. The molecule has 189 valence electrons. The number of nitrogens with two attached hydrogens (primary N) is 1. The number of nitrogens with one attached hydrogen (secondary N) is 1. The molecule has 0 amide bonds. The Kier molecular flexibility index (Phi) is 7.18. The minimum absolute atomic E-state index is 0.200. The lowest BCUT2D eigenvalue weighted by atomic mass is 9.97. The van der Waals surface area contributed by atoms with E-state index in [1.165, 1.54) is 7.11 Å². The maximum atomic E-state index is 12.3. The molecular formula is C26H29N4O5S. The van der Waals surface area contributed by atoms with Crippen LogP contribution < -0.4 is 25.3 Å². The summed E-state index contributed by atoms with van der Waals surface area (Å²) in [6.45, 7) is 2.70. The van der Waals surface area contributed by atoms with E-state index in [1.807, 2.05) is 25.1 Å². The molecule has 1 unspecified atom stereocenters. The molecule has 0 aliphatic heterocycles. The smallest absolute Gasteiger partial charge is 0.168 e. The van der Waals surface area contributed by atoms with Crippen LogP contribution in [0, 0.1) is 6.20 Å². The van der Waals surface area contributed by atoms with Gasteiger partial charge < -0.3 is 25.3 Å². The fourth-order valence-electron chi connectivity index (χ4n) is 4.11. The largest absolute Gasteiger partial charge is 0.497 e. The molecule has 2 heterocycles. The maximum Gasteiger partial charge on any atom is 0.168 e. The van der Waals surface area contributed by atoms with Crippen LogP contribution in [0.25, 0.3) is 21.7 Å². The predicted octanol–water partition coefficient (Wildman–Crippen LogP) is 3.63. The van der Waals surface area contributed by atoms with E-state index in [-0.39, 0.29) is 5.69 Å². The van der Waals surface area contributed by atoms with Gasteiger partial charge in [-0.25, -0.2) is 18.4 Å². The molecule has 2 aromatic carbocycles. The van der Waals surface area contributed by atoms with Crippen LogP contribution in [0.1, 0.15) is 29.1 Å². The summed E-state index contributed by atoms with van der Waals surface area (Å²) in [6.07, 6.45) is 4.55. The number of hydrogen-bond acceptors (Lipinski definition) is 9. The molecule has 4 aromatic rings. The highest BCUT2D eigenvalue weighted by Crippen LogP contribution is 2.37. The maximum absolute atomic E-state index is 12.3. The molecule has 0 spiro atoms. The van der Waals surface area contributed by atoms with E-state index in [0.717, 1.165) is 39.9 Å². The molecule has 10 heteroatoms. The van der Waals surface area contributed by atoms with Crippen molar-refractivity contribution in [3.05, 3.63) is 59.4 Å². The van der Waals surface area contributed by atoms with Crippen molar-refractivity contribution < 1.29 is 22.6 Å². The first kappa shape index (κ1) is 25.5. The van der Waals surface area contributed by atoms with Crippen LogP contribution >= 0.6 is 0 Å². The molecule has 3 N–H and O–H groups in total. The molecule has 9 nitrogen and oxygen atoms in total. The normalized spacial score (nSPS) is 12.5. The Balaban J connectivity index is 1.94. The van der Waals surface area contributed by atoms with Crippen molar-refractivity contribution in [2.45, 2.75) is 18.7 Å². The third kappa shape index (κ3) is 4.87. The second kappa shape index (κ2) is 10.2. The van der Waals surface area contributed by atoms with Gasteiger partial charge in [-0.2, -0.15) is 0 Å². The predicted molar refractivity (Wildman–Crippen MR) is 141 cm³/mol. The van der Waals surface area contributed by atoms with Gasteiger partial charge in [0.05, 0.1) is 38.7 Å². The lowest BCUT2D eigenvalue weighted by Gasteiger charge is -2.18. The van der Waals surface area contributed by atoms with Crippen LogP contribution in [0.3, 0.4) is 0 Å². The zero-order chi connectivity index (χ0) is 26.0. The highest BCUT2D eigenvalue weighted by atomic mass is 32.2. The first-order valence-electron chi connectivity index (χ1n) is 11.3. The summed E-state index contributed by atoms with van der Waals surface area (Å²) in [5, 5.41) is 4.22. The average molecular weight is 510 g/mol. The zero-order valence-electron chi connectivity index (χ0n) is 20.9. The van der Waals surface area contributed by atoms with Gasteiger partial charge in [0.25, 0.3) is 0 Å². The van der Waals surface area contributed by atoms with Gasteiger partial charge >= 0.3 is 0 Å². The van der Waals surface area contributed by atoms with E-state index in [1.54, 1.807) is 26.4 Å². The van der Waals surface area contributed by atoms with Gasteiger partial charge in [-0.1, -0.05) is 0 Å². The number of nitrogens with zero attached hydrogens (tertiary/aromatic N) is 2. The first-order valence-corrected chi connectivity index (χ1v) is 13.3. The van der Waals surface area contributed by atoms with Crippen LogP contribution in [-0.4, -0.2) is 52.5 Å². The molecular weight excluding hydrogens is 480 g/mol. The third-order valence-corrected chi connectivity index (χ3v) is 7.12. The van der Waals surface area contributed by atoms with Crippen molar-refractivity contribution >= 4 is 37.3 Å². The number of methoxy groups -OCH3 is 3. The van der Waals surface area contributed by atoms with Crippen molar-refractivity contribution in [1.29, 1.82) is 0 Å². The molecule has 36 heavy (non-hydrogen) atoms. The summed E-state index contributed by atoms with van der Waals surface area (Å²) in [5.74, 6) is 2.42. The number of rotatable bonds is 9. The van der Waals surface area contributed by atoms with Gasteiger partial charge in [-0.05, 0) is 59.8 Å². The van der Waals surface area contributed by atoms with E-state index in [4.69, 9.17) is 24.9 Å². The monoisotopic (exact) mass is 509 g/mol. The average Bonchev–Trinajstić information content (AvgIpc) is 2.87. The number of anilines is 1. The Morgan fingerprint density at radius 1 is 1.03 bits per heavy atom. The highest BCUT2D eigenvalue weighted by Gasteiger charge is 2.24. The quantitative estimate of drug-likeness (QED) is 0.348. The van der Waals surface area contributed by atoms with E-state index < -0.39 is 15.2 Å².